The van der Waals surface area contributed by atoms with Crippen molar-refractivity contribution in [2.75, 3.05) is 12.4 Å². The van der Waals surface area contributed by atoms with Crippen LogP contribution in [0.15, 0.2) is 12.5 Å². The van der Waals surface area contributed by atoms with Gasteiger partial charge in [-0.25, -0.2) is 9.78 Å². The number of thiol groups is 1. The van der Waals surface area contributed by atoms with E-state index in [0.29, 0.717) is 5.69 Å². The number of aromatic nitrogens is 2. The van der Waals surface area contributed by atoms with Gasteiger partial charge in [-0.05, 0) is 6.92 Å². The van der Waals surface area contributed by atoms with Crippen molar-refractivity contribution in [1.82, 2.24) is 25.9 Å². The van der Waals surface area contributed by atoms with Crippen molar-refractivity contribution in [3.63, 3.8) is 0 Å². The number of nitrogens with two attached hydrogens (primary N) is 1. The highest BCUT2D eigenvalue weighted by atomic mass is 32.1. The lowest BCUT2D eigenvalue weighted by Crippen LogP contribution is -2.57. The molecule has 0 aliphatic rings. The molecule has 13 heteroatoms. The van der Waals surface area contributed by atoms with Crippen LogP contribution in [0.2, 0.25) is 0 Å². The molecular weight excluding hydrogens is 392 g/mol. The van der Waals surface area contributed by atoms with E-state index in [1.54, 1.807) is 0 Å². The number of nitrogens with zero attached hydrogens (tertiary/aromatic N) is 1. The van der Waals surface area contributed by atoms with Gasteiger partial charge in [0.05, 0.1) is 19.0 Å². The number of rotatable bonds is 11. The number of carboxylic acid groups (broad SMARTS) is 1. The SMILES string of the molecule is CC(NC(=O)C(N)CS)C(=O)NC(CO)C(=O)NC(Cc1cnc[nH]1)C(=O)O. The van der Waals surface area contributed by atoms with Crippen LogP contribution < -0.4 is 21.7 Å². The summed E-state index contributed by atoms with van der Waals surface area (Å²) in [5.41, 5.74) is 5.97. The molecule has 3 amide bonds. The lowest BCUT2D eigenvalue weighted by molar-refractivity contribution is -0.142. The normalized spacial score (nSPS) is 15.0. The third-order valence-electron chi connectivity index (χ3n) is 3.69. The number of H-pyrrole nitrogens is 1. The lowest BCUT2D eigenvalue weighted by atomic mass is 10.1. The van der Waals surface area contributed by atoms with E-state index in [9.17, 15) is 29.4 Å². The van der Waals surface area contributed by atoms with Crippen molar-refractivity contribution in [1.29, 1.82) is 0 Å². The minimum atomic E-state index is -1.41. The number of hydrogen-bond acceptors (Lipinski definition) is 8. The van der Waals surface area contributed by atoms with Crippen LogP contribution in [0, 0.1) is 0 Å². The fourth-order valence-corrected chi connectivity index (χ4v) is 2.21. The maximum absolute atomic E-state index is 12.3. The van der Waals surface area contributed by atoms with Crippen molar-refractivity contribution in [2.24, 2.45) is 5.73 Å². The number of aromatic amines is 1. The Morgan fingerprint density at radius 3 is 2.32 bits per heavy atom. The number of nitrogens with one attached hydrogen (secondary N) is 4. The number of aliphatic hydroxyl groups is 1. The molecule has 4 unspecified atom stereocenters. The number of carbonyl (C=O) groups is 4. The van der Waals surface area contributed by atoms with Crippen LogP contribution in [0.3, 0.4) is 0 Å². The van der Waals surface area contributed by atoms with Crippen molar-refractivity contribution in [2.45, 2.75) is 37.5 Å². The number of hydrogen-bond donors (Lipinski definition) is 8. The molecule has 0 spiro atoms. The van der Waals surface area contributed by atoms with Crippen LogP contribution in [0.1, 0.15) is 12.6 Å². The van der Waals surface area contributed by atoms with Gasteiger partial charge >= 0.3 is 5.97 Å². The first-order chi connectivity index (χ1) is 13.2. The van der Waals surface area contributed by atoms with Gasteiger partial charge in [-0.2, -0.15) is 12.6 Å². The van der Waals surface area contributed by atoms with Crippen molar-refractivity contribution in [3.05, 3.63) is 18.2 Å². The van der Waals surface area contributed by atoms with Crippen LogP contribution in [-0.4, -0.2) is 80.4 Å². The third kappa shape index (κ3) is 7.17. The molecule has 28 heavy (non-hydrogen) atoms. The summed E-state index contributed by atoms with van der Waals surface area (Å²) in [6, 6.07) is -4.66. The van der Waals surface area contributed by atoms with Gasteiger partial charge in [-0.1, -0.05) is 0 Å². The maximum atomic E-state index is 12.3. The number of carbonyl (C=O) groups excluding carboxylic acids is 3. The highest BCUT2D eigenvalue weighted by Crippen LogP contribution is 2.00. The van der Waals surface area contributed by atoms with Crippen LogP contribution in [0.25, 0.3) is 0 Å². The van der Waals surface area contributed by atoms with Gasteiger partial charge in [-0.15, -0.1) is 0 Å². The predicted molar refractivity (Wildman–Crippen MR) is 100 cm³/mol. The molecule has 1 aromatic rings. The zero-order chi connectivity index (χ0) is 21.3. The van der Waals surface area contributed by atoms with Crippen molar-refractivity contribution in [3.8, 4) is 0 Å². The van der Waals surface area contributed by atoms with Gasteiger partial charge in [0.1, 0.15) is 18.1 Å². The number of imidazole rings is 1. The number of aliphatic carboxylic acids is 1. The molecule has 0 aromatic carbocycles. The Kier molecular flexibility index (Phi) is 9.41. The first-order valence-corrected chi connectivity index (χ1v) is 8.91. The first-order valence-electron chi connectivity index (χ1n) is 8.28. The molecule has 0 fully saturated rings. The molecule has 4 atom stereocenters. The van der Waals surface area contributed by atoms with E-state index in [1.807, 2.05) is 0 Å². The maximum Gasteiger partial charge on any atom is 0.326 e. The minimum Gasteiger partial charge on any atom is -0.480 e. The molecule has 0 saturated heterocycles. The van der Waals surface area contributed by atoms with E-state index in [4.69, 9.17) is 5.73 Å². The quantitative estimate of drug-likeness (QED) is 0.172. The average Bonchev–Trinajstić information content (AvgIpc) is 3.17. The highest BCUT2D eigenvalue weighted by Gasteiger charge is 2.28. The summed E-state index contributed by atoms with van der Waals surface area (Å²) in [7, 11) is 0. The van der Waals surface area contributed by atoms with Crippen molar-refractivity contribution >= 4 is 36.3 Å². The van der Waals surface area contributed by atoms with E-state index in [-0.39, 0.29) is 12.2 Å². The first kappa shape index (κ1) is 23.4. The molecular formula is C15H24N6O6S. The summed E-state index contributed by atoms with van der Waals surface area (Å²) >= 11 is 3.88. The monoisotopic (exact) mass is 416 g/mol. The smallest absolute Gasteiger partial charge is 0.326 e. The van der Waals surface area contributed by atoms with Crippen LogP contribution >= 0.6 is 12.6 Å². The number of aliphatic hydroxyl groups excluding tert-OH is 1. The van der Waals surface area contributed by atoms with Crippen LogP contribution in [-0.2, 0) is 25.6 Å². The molecule has 156 valence electrons. The summed E-state index contributed by atoms with van der Waals surface area (Å²) in [6.45, 7) is 0.591. The average molecular weight is 416 g/mol. The van der Waals surface area contributed by atoms with E-state index in [0.717, 1.165) is 0 Å². The Morgan fingerprint density at radius 1 is 1.18 bits per heavy atom. The lowest BCUT2D eigenvalue weighted by Gasteiger charge is -2.22. The summed E-state index contributed by atoms with van der Waals surface area (Å²) in [6.07, 6.45) is 2.71. The summed E-state index contributed by atoms with van der Waals surface area (Å²) in [4.78, 5) is 53.9. The number of carboxylic acids is 1. The van der Waals surface area contributed by atoms with Gasteiger partial charge in [0, 0.05) is 24.1 Å². The molecule has 1 rings (SSSR count). The predicted octanol–water partition coefficient (Wildman–Crippen LogP) is -3.24. The zero-order valence-corrected chi connectivity index (χ0v) is 16.0. The fraction of sp³-hybridized carbons (Fsp3) is 0.533. The second-order valence-electron chi connectivity index (χ2n) is 5.94. The van der Waals surface area contributed by atoms with Gasteiger partial charge in [-0.3, -0.25) is 14.4 Å². The molecule has 1 heterocycles. The van der Waals surface area contributed by atoms with E-state index >= 15 is 0 Å². The molecule has 12 nitrogen and oxygen atoms in total. The molecule has 0 saturated carbocycles. The zero-order valence-electron chi connectivity index (χ0n) is 15.1. The molecule has 8 N–H and O–H groups in total. The molecule has 0 radical (unpaired) electrons. The van der Waals surface area contributed by atoms with E-state index in [1.165, 1.54) is 19.4 Å². The summed E-state index contributed by atoms with van der Waals surface area (Å²) < 4.78 is 0. The van der Waals surface area contributed by atoms with E-state index < -0.39 is 54.5 Å². The number of amides is 3. The van der Waals surface area contributed by atoms with Gasteiger partial charge in [0.15, 0.2) is 0 Å². The van der Waals surface area contributed by atoms with Crippen LogP contribution in [0.5, 0.6) is 0 Å². The van der Waals surface area contributed by atoms with Gasteiger partial charge in [0.2, 0.25) is 17.7 Å². The molecule has 0 aliphatic carbocycles. The van der Waals surface area contributed by atoms with E-state index in [2.05, 4.69) is 38.5 Å². The van der Waals surface area contributed by atoms with Gasteiger partial charge in [0.25, 0.3) is 0 Å². The molecule has 0 bridgehead atoms. The molecule has 0 aliphatic heterocycles. The summed E-state index contributed by atoms with van der Waals surface area (Å²) in [5.74, 6) is -3.47. The minimum absolute atomic E-state index is 0.0682. The highest BCUT2D eigenvalue weighted by molar-refractivity contribution is 7.80. The van der Waals surface area contributed by atoms with Gasteiger partial charge < -0.3 is 36.9 Å². The Balaban J connectivity index is 2.66. The Bertz CT molecular complexity index is 685. The fourth-order valence-electron chi connectivity index (χ4n) is 2.05. The van der Waals surface area contributed by atoms with Crippen molar-refractivity contribution < 1.29 is 29.4 Å². The third-order valence-corrected chi connectivity index (χ3v) is 4.09. The second-order valence-corrected chi connectivity index (χ2v) is 6.31. The van der Waals surface area contributed by atoms with Crippen LogP contribution in [0.4, 0.5) is 0 Å². The molecule has 1 aromatic heterocycles. The standard InChI is InChI=1S/C15H24N6O6S/c1-7(19-13(24)9(16)5-28)12(23)21-11(4-22)14(25)20-10(15(26)27)2-8-3-17-6-18-8/h3,6-7,9-11,22,28H,2,4-5,16H2,1H3,(H,17,18)(H,19,24)(H,20,25)(H,21,23)(H,26,27). The second kappa shape index (κ2) is 11.3. The Morgan fingerprint density at radius 2 is 1.82 bits per heavy atom. The Hall–Kier alpha value is -2.64. The topological polar surface area (TPSA) is 200 Å². The Labute approximate surface area is 166 Å². The summed E-state index contributed by atoms with van der Waals surface area (Å²) in [5, 5.41) is 25.5. The largest absolute Gasteiger partial charge is 0.480 e.